The number of imidazole rings is 1. The molecule has 2 aliphatic heterocycles. The Morgan fingerprint density at radius 1 is 1.47 bits per heavy atom. The van der Waals surface area contributed by atoms with E-state index in [0.29, 0.717) is 12.5 Å². The molecule has 1 saturated heterocycles. The zero-order valence-electron chi connectivity index (χ0n) is 11.4. The zero-order chi connectivity index (χ0) is 13.4. The summed E-state index contributed by atoms with van der Waals surface area (Å²) in [5.74, 6) is 0.242. The number of aromatic nitrogens is 2. The normalized spacial score (nSPS) is 27.4. The lowest BCUT2D eigenvalue weighted by atomic mass is 9.96. The van der Waals surface area contributed by atoms with Crippen LogP contribution in [0.4, 0.5) is 0 Å². The molecular weight excluding hydrogens is 242 g/mol. The van der Waals surface area contributed by atoms with Crippen LogP contribution in [0, 0.1) is 5.92 Å². The number of rotatable bonds is 3. The lowest BCUT2D eigenvalue weighted by molar-refractivity contribution is -0.142. The van der Waals surface area contributed by atoms with Gasteiger partial charge >= 0.3 is 5.97 Å². The molecule has 2 atom stereocenters. The highest BCUT2D eigenvalue weighted by Crippen LogP contribution is 2.33. The van der Waals surface area contributed by atoms with Gasteiger partial charge in [0.1, 0.15) is 5.82 Å². The van der Waals surface area contributed by atoms with Crippen molar-refractivity contribution in [2.75, 3.05) is 13.1 Å². The Morgan fingerprint density at radius 2 is 2.32 bits per heavy atom. The van der Waals surface area contributed by atoms with Gasteiger partial charge in [-0.25, -0.2) is 4.98 Å². The largest absolute Gasteiger partial charge is 0.481 e. The van der Waals surface area contributed by atoms with Crippen molar-refractivity contribution >= 4 is 5.97 Å². The second-order valence-electron chi connectivity index (χ2n) is 5.57. The molecule has 3 rings (SSSR count). The lowest BCUT2D eigenvalue weighted by Crippen LogP contribution is -2.29. The molecule has 3 heterocycles. The second-order valence-corrected chi connectivity index (χ2v) is 5.57. The van der Waals surface area contributed by atoms with E-state index in [4.69, 9.17) is 5.11 Å². The van der Waals surface area contributed by atoms with E-state index in [9.17, 15) is 4.79 Å². The average Bonchev–Trinajstić information content (AvgIpc) is 3.03. The van der Waals surface area contributed by atoms with Gasteiger partial charge in [0.15, 0.2) is 0 Å². The van der Waals surface area contributed by atoms with Crippen LogP contribution in [0.5, 0.6) is 0 Å². The molecule has 1 aromatic rings. The summed E-state index contributed by atoms with van der Waals surface area (Å²) in [6.07, 6.45) is 5.65. The molecular formula is C14H21N3O2. The number of likely N-dealkylation sites (tertiary alicyclic amines) is 1. The first-order valence-corrected chi connectivity index (χ1v) is 7.22. The Kier molecular flexibility index (Phi) is 3.31. The Morgan fingerprint density at radius 3 is 3.05 bits per heavy atom. The Bertz CT molecular complexity index is 483. The SMILES string of the molecule is CCN1CCCC1c1ncc2n1CCC(C(=O)O)C2. The van der Waals surface area contributed by atoms with Crippen molar-refractivity contribution < 1.29 is 9.90 Å². The second kappa shape index (κ2) is 4.96. The van der Waals surface area contributed by atoms with E-state index in [-0.39, 0.29) is 5.92 Å². The minimum Gasteiger partial charge on any atom is -0.481 e. The molecule has 1 fully saturated rings. The molecule has 0 amide bonds. The highest BCUT2D eigenvalue weighted by molar-refractivity contribution is 5.70. The van der Waals surface area contributed by atoms with Gasteiger partial charge in [-0.15, -0.1) is 0 Å². The first kappa shape index (κ1) is 12.7. The lowest BCUT2D eigenvalue weighted by Gasteiger charge is -2.27. The number of carboxylic acids is 1. The summed E-state index contributed by atoms with van der Waals surface area (Å²) in [5.41, 5.74) is 1.09. The standard InChI is InChI=1S/C14H21N3O2/c1-2-16-6-3-4-12(16)13-15-9-11-8-10(14(18)19)5-7-17(11)13/h9-10,12H,2-8H2,1H3,(H,18,19). The van der Waals surface area contributed by atoms with Crippen molar-refractivity contribution in [2.24, 2.45) is 5.92 Å². The van der Waals surface area contributed by atoms with Crippen LogP contribution in [-0.4, -0.2) is 38.6 Å². The third kappa shape index (κ3) is 2.16. The molecule has 5 nitrogen and oxygen atoms in total. The van der Waals surface area contributed by atoms with Crippen LogP contribution < -0.4 is 0 Å². The molecule has 1 aromatic heterocycles. The van der Waals surface area contributed by atoms with Crippen LogP contribution >= 0.6 is 0 Å². The maximum absolute atomic E-state index is 11.1. The van der Waals surface area contributed by atoms with Gasteiger partial charge in [0, 0.05) is 24.9 Å². The smallest absolute Gasteiger partial charge is 0.306 e. The van der Waals surface area contributed by atoms with E-state index >= 15 is 0 Å². The van der Waals surface area contributed by atoms with Crippen LogP contribution in [0.15, 0.2) is 6.20 Å². The highest BCUT2D eigenvalue weighted by Gasteiger charge is 2.32. The van der Waals surface area contributed by atoms with Crippen molar-refractivity contribution in [3.63, 3.8) is 0 Å². The van der Waals surface area contributed by atoms with Crippen molar-refractivity contribution in [2.45, 2.75) is 45.2 Å². The van der Waals surface area contributed by atoms with Crippen molar-refractivity contribution in [3.05, 3.63) is 17.7 Å². The molecule has 0 aromatic carbocycles. The summed E-state index contributed by atoms with van der Waals surface area (Å²) < 4.78 is 2.26. The molecule has 104 valence electrons. The summed E-state index contributed by atoms with van der Waals surface area (Å²) >= 11 is 0. The van der Waals surface area contributed by atoms with Gasteiger partial charge in [-0.3, -0.25) is 9.69 Å². The van der Waals surface area contributed by atoms with Crippen LogP contribution in [-0.2, 0) is 17.8 Å². The number of carboxylic acid groups (broad SMARTS) is 1. The summed E-state index contributed by atoms with van der Waals surface area (Å²) in [4.78, 5) is 18.2. The van der Waals surface area contributed by atoms with Crippen LogP contribution in [0.1, 0.15) is 43.7 Å². The van der Waals surface area contributed by atoms with Crippen LogP contribution in [0.25, 0.3) is 0 Å². The molecule has 0 saturated carbocycles. The topological polar surface area (TPSA) is 58.4 Å². The number of fused-ring (bicyclic) bond motifs is 1. The van der Waals surface area contributed by atoms with E-state index < -0.39 is 5.97 Å². The van der Waals surface area contributed by atoms with Gasteiger partial charge in [0.25, 0.3) is 0 Å². The number of carbonyl (C=O) groups is 1. The fourth-order valence-corrected chi connectivity index (χ4v) is 3.46. The van der Waals surface area contributed by atoms with E-state index in [0.717, 1.165) is 37.6 Å². The number of hydrogen-bond acceptors (Lipinski definition) is 3. The zero-order valence-corrected chi connectivity index (χ0v) is 11.4. The average molecular weight is 263 g/mol. The van der Waals surface area contributed by atoms with E-state index in [1.54, 1.807) is 0 Å². The van der Waals surface area contributed by atoms with E-state index in [2.05, 4.69) is 21.4 Å². The first-order chi connectivity index (χ1) is 9.20. The molecule has 0 aliphatic carbocycles. The summed E-state index contributed by atoms with van der Waals surface area (Å²) in [6.45, 7) is 5.21. The molecule has 2 unspecified atom stereocenters. The van der Waals surface area contributed by atoms with Gasteiger partial charge in [-0.05, 0) is 32.4 Å². The first-order valence-electron chi connectivity index (χ1n) is 7.22. The molecule has 0 bridgehead atoms. The Balaban J connectivity index is 1.84. The fourth-order valence-electron chi connectivity index (χ4n) is 3.46. The van der Waals surface area contributed by atoms with Crippen molar-refractivity contribution in [1.29, 1.82) is 0 Å². The summed E-state index contributed by atoms with van der Waals surface area (Å²) in [7, 11) is 0. The molecule has 1 N–H and O–H groups in total. The third-order valence-corrected chi connectivity index (χ3v) is 4.54. The minimum absolute atomic E-state index is 0.233. The Hall–Kier alpha value is -1.36. The van der Waals surface area contributed by atoms with Gasteiger partial charge in [-0.1, -0.05) is 6.92 Å². The van der Waals surface area contributed by atoms with Crippen LogP contribution in [0.3, 0.4) is 0 Å². The van der Waals surface area contributed by atoms with E-state index in [1.807, 2.05) is 6.20 Å². The number of hydrogen-bond donors (Lipinski definition) is 1. The molecule has 0 spiro atoms. The minimum atomic E-state index is -0.676. The van der Waals surface area contributed by atoms with Crippen LogP contribution in [0.2, 0.25) is 0 Å². The molecule has 0 radical (unpaired) electrons. The number of nitrogens with zero attached hydrogens (tertiary/aromatic N) is 3. The van der Waals surface area contributed by atoms with Crippen molar-refractivity contribution in [3.8, 4) is 0 Å². The van der Waals surface area contributed by atoms with E-state index in [1.165, 1.54) is 12.8 Å². The maximum atomic E-state index is 11.1. The predicted molar refractivity (Wildman–Crippen MR) is 70.9 cm³/mol. The summed E-state index contributed by atoms with van der Waals surface area (Å²) in [6, 6.07) is 0.431. The summed E-state index contributed by atoms with van der Waals surface area (Å²) in [5, 5.41) is 9.12. The molecule has 2 aliphatic rings. The van der Waals surface area contributed by atoms with Crippen molar-refractivity contribution in [1.82, 2.24) is 14.5 Å². The predicted octanol–water partition coefficient (Wildman–Crippen LogP) is 1.69. The van der Waals surface area contributed by atoms with Gasteiger partial charge in [-0.2, -0.15) is 0 Å². The number of aliphatic carboxylic acids is 1. The third-order valence-electron chi connectivity index (χ3n) is 4.54. The maximum Gasteiger partial charge on any atom is 0.306 e. The quantitative estimate of drug-likeness (QED) is 0.901. The monoisotopic (exact) mass is 263 g/mol. The fraction of sp³-hybridized carbons (Fsp3) is 0.714. The Labute approximate surface area is 113 Å². The van der Waals surface area contributed by atoms with Gasteiger partial charge in [0.2, 0.25) is 0 Å². The highest BCUT2D eigenvalue weighted by atomic mass is 16.4. The molecule has 19 heavy (non-hydrogen) atoms. The van der Waals surface area contributed by atoms with Gasteiger partial charge in [0.05, 0.1) is 12.0 Å². The molecule has 5 heteroatoms. The van der Waals surface area contributed by atoms with Gasteiger partial charge < -0.3 is 9.67 Å².